The molecule has 0 radical (unpaired) electrons. The third-order valence-corrected chi connectivity index (χ3v) is 3.84. The molecule has 0 bridgehead atoms. The zero-order valence-electron chi connectivity index (χ0n) is 14.7. The fourth-order valence-electron chi connectivity index (χ4n) is 2.31. The van der Waals surface area contributed by atoms with Crippen LogP contribution in [-0.4, -0.2) is 18.0 Å². The molecule has 0 saturated heterocycles. The van der Waals surface area contributed by atoms with E-state index in [0.717, 1.165) is 17.5 Å². The molecule has 0 saturated carbocycles. The van der Waals surface area contributed by atoms with E-state index >= 15 is 0 Å². The van der Waals surface area contributed by atoms with Crippen molar-refractivity contribution in [3.63, 3.8) is 0 Å². The average molecular weight is 337 g/mol. The molecule has 2 amide bonds. The first-order valence-electron chi connectivity index (χ1n) is 8.33. The standard InChI is InChI=1S/C20H23N3O2/c1-4-16-7-5-6-8-18(16)22-19(24)20(25)23-21-13-15-9-11-17(12-10-15)14(2)3/h5-14H,4H2,1-3H3,(H,22,24)(H,23,25)/b21-13+. The minimum absolute atomic E-state index is 0.459. The Hall–Kier alpha value is -2.95. The smallest absolute Gasteiger partial charge is 0.317 e. The summed E-state index contributed by atoms with van der Waals surface area (Å²) in [4.78, 5) is 23.8. The van der Waals surface area contributed by atoms with Crippen LogP contribution in [0.15, 0.2) is 53.6 Å². The molecule has 0 heterocycles. The molecule has 5 nitrogen and oxygen atoms in total. The first-order valence-corrected chi connectivity index (χ1v) is 8.33. The normalized spacial score (nSPS) is 10.9. The van der Waals surface area contributed by atoms with E-state index in [1.165, 1.54) is 11.8 Å². The molecular weight excluding hydrogens is 314 g/mol. The van der Waals surface area contributed by atoms with Gasteiger partial charge in [-0.05, 0) is 35.1 Å². The predicted molar refractivity (Wildman–Crippen MR) is 101 cm³/mol. The molecule has 130 valence electrons. The second-order valence-electron chi connectivity index (χ2n) is 5.99. The number of nitrogens with one attached hydrogen (secondary N) is 2. The van der Waals surface area contributed by atoms with Crippen molar-refractivity contribution in [1.29, 1.82) is 0 Å². The Labute approximate surface area is 148 Å². The Bertz CT molecular complexity index is 765. The van der Waals surface area contributed by atoms with Gasteiger partial charge < -0.3 is 5.32 Å². The van der Waals surface area contributed by atoms with Crippen LogP contribution in [0.25, 0.3) is 0 Å². The van der Waals surface area contributed by atoms with E-state index in [0.29, 0.717) is 11.6 Å². The molecule has 0 aliphatic carbocycles. The number of rotatable bonds is 5. The van der Waals surface area contributed by atoms with Crippen LogP contribution in [0.5, 0.6) is 0 Å². The fourth-order valence-corrected chi connectivity index (χ4v) is 2.31. The van der Waals surface area contributed by atoms with Crippen molar-refractivity contribution >= 4 is 23.7 Å². The Kier molecular flexibility index (Phi) is 6.46. The molecule has 2 N–H and O–H groups in total. The maximum Gasteiger partial charge on any atom is 0.329 e. The first-order chi connectivity index (χ1) is 12.0. The number of anilines is 1. The lowest BCUT2D eigenvalue weighted by atomic mass is 10.0. The van der Waals surface area contributed by atoms with Gasteiger partial charge in [-0.2, -0.15) is 5.10 Å². The second kappa shape index (κ2) is 8.78. The molecule has 2 aromatic rings. The lowest BCUT2D eigenvalue weighted by molar-refractivity contribution is -0.136. The molecule has 0 fully saturated rings. The van der Waals surface area contributed by atoms with Gasteiger partial charge >= 0.3 is 11.8 Å². The highest BCUT2D eigenvalue weighted by molar-refractivity contribution is 6.39. The van der Waals surface area contributed by atoms with Gasteiger partial charge in [-0.15, -0.1) is 0 Å². The summed E-state index contributed by atoms with van der Waals surface area (Å²) in [6, 6.07) is 15.3. The first kappa shape index (κ1) is 18.4. The number of nitrogens with zero attached hydrogens (tertiary/aromatic N) is 1. The van der Waals surface area contributed by atoms with E-state index in [1.807, 2.05) is 49.4 Å². The van der Waals surface area contributed by atoms with E-state index in [9.17, 15) is 9.59 Å². The number of amides is 2. The van der Waals surface area contributed by atoms with Gasteiger partial charge in [0.05, 0.1) is 6.21 Å². The predicted octanol–water partition coefficient (Wildman–Crippen LogP) is 3.46. The third kappa shape index (κ3) is 5.28. The number of carbonyl (C=O) groups is 2. The number of benzene rings is 2. The molecule has 0 aromatic heterocycles. The SMILES string of the molecule is CCc1ccccc1NC(=O)C(=O)N/N=C/c1ccc(C(C)C)cc1. The van der Waals surface area contributed by atoms with Crippen LogP contribution in [-0.2, 0) is 16.0 Å². The highest BCUT2D eigenvalue weighted by Crippen LogP contribution is 2.15. The summed E-state index contributed by atoms with van der Waals surface area (Å²) in [7, 11) is 0. The lowest BCUT2D eigenvalue weighted by Gasteiger charge is -2.08. The molecule has 0 unspecified atom stereocenters. The summed E-state index contributed by atoms with van der Waals surface area (Å²) in [6.07, 6.45) is 2.28. The minimum atomic E-state index is -0.805. The number of carbonyl (C=O) groups excluding carboxylic acids is 2. The summed E-state index contributed by atoms with van der Waals surface area (Å²) in [6.45, 7) is 6.23. The molecule has 2 aromatic carbocycles. The summed E-state index contributed by atoms with van der Waals surface area (Å²) >= 11 is 0. The summed E-state index contributed by atoms with van der Waals surface area (Å²) in [5.41, 5.74) is 5.93. The van der Waals surface area contributed by atoms with Crippen LogP contribution in [0.1, 0.15) is 43.4 Å². The number of hydrogen-bond donors (Lipinski definition) is 2. The lowest BCUT2D eigenvalue weighted by Crippen LogP contribution is -2.32. The van der Waals surface area contributed by atoms with Crippen LogP contribution in [0, 0.1) is 0 Å². The van der Waals surface area contributed by atoms with Gasteiger partial charge in [-0.25, -0.2) is 5.43 Å². The van der Waals surface area contributed by atoms with Crippen molar-refractivity contribution in [2.45, 2.75) is 33.1 Å². The summed E-state index contributed by atoms with van der Waals surface area (Å²) in [5, 5.41) is 6.44. The van der Waals surface area contributed by atoms with Crippen LogP contribution in [0.2, 0.25) is 0 Å². The number of hydrogen-bond acceptors (Lipinski definition) is 3. The van der Waals surface area contributed by atoms with Gasteiger partial charge in [-0.1, -0.05) is 63.2 Å². The van der Waals surface area contributed by atoms with E-state index in [1.54, 1.807) is 6.07 Å². The molecule has 0 atom stereocenters. The van der Waals surface area contributed by atoms with Crippen molar-refractivity contribution in [2.24, 2.45) is 5.10 Å². The van der Waals surface area contributed by atoms with Gasteiger partial charge in [0.15, 0.2) is 0 Å². The van der Waals surface area contributed by atoms with Crippen LogP contribution < -0.4 is 10.7 Å². The van der Waals surface area contributed by atoms with E-state index in [4.69, 9.17) is 0 Å². The molecular formula is C20H23N3O2. The van der Waals surface area contributed by atoms with E-state index in [2.05, 4.69) is 29.7 Å². The number of aryl methyl sites for hydroxylation is 1. The monoisotopic (exact) mass is 337 g/mol. The zero-order chi connectivity index (χ0) is 18.2. The summed E-state index contributed by atoms with van der Waals surface area (Å²) in [5.74, 6) is -1.09. The van der Waals surface area contributed by atoms with Crippen LogP contribution >= 0.6 is 0 Å². The van der Waals surface area contributed by atoms with Crippen molar-refractivity contribution in [2.75, 3.05) is 5.32 Å². The van der Waals surface area contributed by atoms with Crippen molar-refractivity contribution < 1.29 is 9.59 Å². The summed E-state index contributed by atoms with van der Waals surface area (Å²) < 4.78 is 0. The fraction of sp³-hybridized carbons (Fsp3) is 0.250. The number of para-hydroxylation sites is 1. The van der Waals surface area contributed by atoms with Gasteiger partial charge in [0.1, 0.15) is 0 Å². The molecule has 25 heavy (non-hydrogen) atoms. The highest BCUT2D eigenvalue weighted by atomic mass is 16.2. The Morgan fingerprint density at radius 2 is 1.72 bits per heavy atom. The van der Waals surface area contributed by atoms with Crippen LogP contribution in [0.3, 0.4) is 0 Å². The van der Waals surface area contributed by atoms with Gasteiger partial charge in [0.2, 0.25) is 0 Å². The minimum Gasteiger partial charge on any atom is -0.317 e. The Balaban J connectivity index is 1.91. The second-order valence-corrected chi connectivity index (χ2v) is 5.99. The number of hydrazone groups is 1. The van der Waals surface area contributed by atoms with Crippen molar-refractivity contribution in [3.05, 3.63) is 65.2 Å². The molecule has 2 rings (SSSR count). The van der Waals surface area contributed by atoms with Gasteiger partial charge in [-0.3, -0.25) is 9.59 Å². The molecule has 0 aliphatic rings. The van der Waals surface area contributed by atoms with E-state index < -0.39 is 11.8 Å². The Morgan fingerprint density at radius 1 is 1.04 bits per heavy atom. The van der Waals surface area contributed by atoms with Crippen molar-refractivity contribution in [1.82, 2.24) is 5.43 Å². The largest absolute Gasteiger partial charge is 0.329 e. The molecule has 5 heteroatoms. The highest BCUT2D eigenvalue weighted by Gasteiger charge is 2.14. The molecule has 0 spiro atoms. The maximum absolute atomic E-state index is 11.9. The van der Waals surface area contributed by atoms with Crippen molar-refractivity contribution in [3.8, 4) is 0 Å². The van der Waals surface area contributed by atoms with Crippen LogP contribution in [0.4, 0.5) is 5.69 Å². The Morgan fingerprint density at radius 3 is 2.36 bits per heavy atom. The topological polar surface area (TPSA) is 70.6 Å². The van der Waals surface area contributed by atoms with Gasteiger partial charge in [0, 0.05) is 5.69 Å². The van der Waals surface area contributed by atoms with Gasteiger partial charge in [0.25, 0.3) is 0 Å². The van der Waals surface area contributed by atoms with E-state index in [-0.39, 0.29) is 0 Å². The zero-order valence-corrected chi connectivity index (χ0v) is 14.7. The molecule has 0 aliphatic heterocycles. The average Bonchev–Trinajstić information content (AvgIpc) is 2.62. The third-order valence-electron chi connectivity index (χ3n) is 3.84. The maximum atomic E-state index is 11.9. The quantitative estimate of drug-likeness (QED) is 0.498.